The highest BCUT2D eigenvalue weighted by Crippen LogP contribution is 2.46. The van der Waals surface area contributed by atoms with Crippen molar-refractivity contribution in [1.29, 1.82) is 0 Å². The summed E-state index contributed by atoms with van der Waals surface area (Å²) in [5.74, 6) is -16.2. The van der Waals surface area contributed by atoms with Gasteiger partial charge in [0.25, 0.3) is 0 Å². The third-order valence-corrected chi connectivity index (χ3v) is 4.44. The first kappa shape index (κ1) is 20.4. The standard InChI is InChI=1S/C17H14F5N5O2/c1-3-29-16(28)5-4(2)25-15-8(14(23)26-17(24)27-15)6(5)7-9(18)11(20)13(22)12(21)10(7)19/h5-6H,3H2,1-2H3,(H4,23,24,26,27). The smallest absolute Gasteiger partial charge is 0.315 e. The van der Waals surface area contributed by atoms with Crippen molar-refractivity contribution in [1.82, 2.24) is 9.97 Å². The van der Waals surface area contributed by atoms with E-state index in [9.17, 15) is 26.7 Å². The number of fused-ring (bicyclic) bond motifs is 1. The minimum atomic E-state index is -2.33. The van der Waals surface area contributed by atoms with Crippen LogP contribution in [0.5, 0.6) is 0 Å². The summed E-state index contributed by atoms with van der Waals surface area (Å²) in [4.78, 5) is 24.0. The van der Waals surface area contributed by atoms with Gasteiger partial charge in [0.05, 0.1) is 6.61 Å². The van der Waals surface area contributed by atoms with Crippen molar-refractivity contribution >= 4 is 29.3 Å². The number of nitrogens with zero attached hydrogens (tertiary/aromatic N) is 3. The monoisotopic (exact) mass is 415 g/mol. The Morgan fingerprint density at radius 1 is 0.966 bits per heavy atom. The van der Waals surface area contributed by atoms with Crippen molar-refractivity contribution in [2.45, 2.75) is 19.8 Å². The SMILES string of the molecule is CCOC(=O)C1C(C)=Nc2nc(N)nc(N)c2C1c1c(F)c(F)c(F)c(F)c1F. The topological polar surface area (TPSA) is 116 Å². The number of ether oxygens (including phenoxy) is 1. The summed E-state index contributed by atoms with van der Waals surface area (Å²) in [6.45, 7) is 2.69. The maximum atomic E-state index is 14.6. The van der Waals surface area contributed by atoms with Crippen molar-refractivity contribution in [3.63, 3.8) is 0 Å². The van der Waals surface area contributed by atoms with Gasteiger partial charge < -0.3 is 16.2 Å². The Bertz CT molecular complexity index is 1030. The lowest BCUT2D eigenvalue weighted by Crippen LogP contribution is -2.35. The van der Waals surface area contributed by atoms with Crippen LogP contribution in [0.1, 0.15) is 30.9 Å². The molecule has 0 spiro atoms. The molecule has 2 unspecified atom stereocenters. The van der Waals surface area contributed by atoms with Gasteiger partial charge in [-0.1, -0.05) is 0 Å². The van der Waals surface area contributed by atoms with Gasteiger partial charge in [-0.05, 0) is 13.8 Å². The number of anilines is 2. The van der Waals surface area contributed by atoms with Crippen molar-refractivity contribution in [3.8, 4) is 0 Å². The number of esters is 1. The fraction of sp³-hybridized carbons (Fsp3) is 0.294. The summed E-state index contributed by atoms with van der Waals surface area (Å²) in [5, 5.41) is 0. The van der Waals surface area contributed by atoms with E-state index in [1.807, 2.05) is 0 Å². The number of carbonyl (C=O) groups is 1. The molecule has 0 saturated heterocycles. The van der Waals surface area contributed by atoms with E-state index in [0.717, 1.165) is 0 Å². The molecule has 1 aliphatic rings. The molecule has 154 valence electrons. The van der Waals surface area contributed by atoms with Crippen molar-refractivity contribution in [2.24, 2.45) is 10.9 Å². The van der Waals surface area contributed by atoms with Crippen molar-refractivity contribution in [2.75, 3.05) is 18.1 Å². The van der Waals surface area contributed by atoms with Crippen LogP contribution in [0.15, 0.2) is 4.99 Å². The predicted octanol–water partition coefficient (Wildman–Crippen LogP) is 2.75. The third kappa shape index (κ3) is 3.13. The average Bonchev–Trinajstić information content (AvgIpc) is 2.64. The molecule has 0 fully saturated rings. The quantitative estimate of drug-likeness (QED) is 0.345. The first-order valence-electron chi connectivity index (χ1n) is 8.26. The number of hydrogen-bond acceptors (Lipinski definition) is 7. The maximum Gasteiger partial charge on any atom is 0.315 e. The van der Waals surface area contributed by atoms with E-state index >= 15 is 0 Å². The van der Waals surface area contributed by atoms with Crippen LogP contribution in [-0.4, -0.2) is 28.3 Å². The first-order valence-corrected chi connectivity index (χ1v) is 8.26. The number of nitrogen functional groups attached to an aromatic ring is 2. The fourth-order valence-corrected chi connectivity index (χ4v) is 3.26. The van der Waals surface area contributed by atoms with E-state index < -0.39 is 58.3 Å². The lowest BCUT2D eigenvalue weighted by atomic mass is 9.76. The van der Waals surface area contributed by atoms with Crippen LogP contribution in [-0.2, 0) is 9.53 Å². The van der Waals surface area contributed by atoms with E-state index in [0.29, 0.717) is 0 Å². The molecule has 0 bridgehead atoms. The molecular weight excluding hydrogens is 401 g/mol. The highest BCUT2D eigenvalue weighted by molar-refractivity contribution is 6.05. The Morgan fingerprint density at radius 2 is 1.52 bits per heavy atom. The number of carbonyl (C=O) groups excluding carboxylic acids is 1. The van der Waals surface area contributed by atoms with E-state index in [1.165, 1.54) is 13.8 Å². The average molecular weight is 415 g/mol. The van der Waals surface area contributed by atoms with Crippen LogP contribution in [0.25, 0.3) is 0 Å². The van der Waals surface area contributed by atoms with E-state index in [4.69, 9.17) is 16.2 Å². The van der Waals surface area contributed by atoms with Crippen LogP contribution in [0.2, 0.25) is 0 Å². The highest BCUT2D eigenvalue weighted by Gasteiger charge is 2.45. The van der Waals surface area contributed by atoms with Gasteiger partial charge in [0.1, 0.15) is 11.7 Å². The van der Waals surface area contributed by atoms with Crippen LogP contribution in [0.4, 0.5) is 39.5 Å². The molecule has 2 aromatic rings. The van der Waals surface area contributed by atoms with Crippen LogP contribution in [0.3, 0.4) is 0 Å². The Kier molecular flexibility index (Phi) is 5.11. The molecule has 0 radical (unpaired) electrons. The molecular formula is C17H14F5N5O2. The highest BCUT2D eigenvalue weighted by atomic mass is 19.2. The normalized spacial score (nSPS) is 18.2. The largest absolute Gasteiger partial charge is 0.465 e. The Labute approximate surface area is 160 Å². The third-order valence-electron chi connectivity index (χ3n) is 4.44. The second-order valence-corrected chi connectivity index (χ2v) is 6.15. The molecule has 2 heterocycles. The Hall–Kier alpha value is -3.31. The first-order chi connectivity index (χ1) is 13.6. The lowest BCUT2D eigenvalue weighted by molar-refractivity contribution is -0.146. The Balaban J connectivity index is 2.41. The minimum Gasteiger partial charge on any atom is -0.465 e. The Morgan fingerprint density at radius 3 is 2.07 bits per heavy atom. The molecule has 7 nitrogen and oxygen atoms in total. The number of aromatic nitrogens is 2. The summed E-state index contributed by atoms with van der Waals surface area (Å²) in [6.07, 6.45) is 0. The number of halogens is 5. The number of hydrogen-bond donors (Lipinski definition) is 2. The molecule has 1 aromatic heterocycles. The van der Waals surface area contributed by atoms with Crippen LogP contribution >= 0.6 is 0 Å². The lowest BCUT2D eigenvalue weighted by Gasteiger charge is -2.31. The van der Waals surface area contributed by atoms with Crippen molar-refractivity contribution in [3.05, 3.63) is 40.2 Å². The molecule has 1 aliphatic heterocycles. The van der Waals surface area contributed by atoms with E-state index in [1.54, 1.807) is 0 Å². The molecule has 2 atom stereocenters. The molecule has 4 N–H and O–H groups in total. The molecule has 12 heteroatoms. The summed E-state index contributed by atoms with van der Waals surface area (Å²) in [7, 11) is 0. The van der Waals surface area contributed by atoms with Gasteiger partial charge in [-0.15, -0.1) is 0 Å². The molecule has 1 aromatic carbocycles. The van der Waals surface area contributed by atoms with E-state index in [2.05, 4.69) is 15.0 Å². The molecule has 0 saturated carbocycles. The van der Waals surface area contributed by atoms with Crippen LogP contribution in [0, 0.1) is 35.0 Å². The van der Waals surface area contributed by atoms with Gasteiger partial charge in [0.2, 0.25) is 11.8 Å². The second kappa shape index (κ2) is 7.26. The zero-order valence-electron chi connectivity index (χ0n) is 15.1. The van der Waals surface area contributed by atoms with Gasteiger partial charge in [-0.3, -0.25) is 4.79 Å². The number of rotatable bonds is 3. The molecule has 29 heavy (non-hydrogen) atoms. The summed E-state index contributed by atoms with van der Waals surface area (Å²) < 4.78 is 75.5. The maximum absolute atomic E-state index is 14.6. The summed E-state index contributed by atoms with van der Waals surface area (Å²) >= 11 is 0. The van der Waals surface area contributed by atoms with Gasteiger partial charge in [0, 0.05) is 22.8 Å². The summed E-state index contributed by atoms with van der Waals surface area (Å²) in [6, 6.07) is 0. The zero-order chi connectivity index (χ0) is 21.6. The molecule has 3 rings (SSSR count). The predicted molar refractivity (Wildman–Crippen MR) is 91.8 cm³/mol. The fourth-order valence-electron chi connectivity index (χ4n) is 3.26. The van der Waals surface area contributed by atoms with Crippen molar-refractivity contribution < 1.29 is 31.5 Å². The summed E-state index contributed by atoms with van der Waals surface area (Å²) in [5.41, 5.74) is 9.69. The van der Waals surface area contributed by atoms with Gasteiger partial charge in [-0.25, -0.2) is 26.9 Å². The number of nitrogens with two attached hydrogens (primary N) is 2. The minimum absolute atomic E-state index is 0.0395. The molecule has 0 amide bonds. The number of benzene rings is 1. The second-order valence-electron chi connectivity index (χ2n) is 6.15. The van der Waals surface area contributed by atoms with Gasteiger partial charge in [0.15, 0.2) is 29.1 Å². The zero-order valence-corrected chi connectivity index (χ0v) is 15.1. The number of aliphatic imine (C=N–C) groups is 1. The van der Waals surface area contributed by atoms with Gasteiger partial charge in [-0.2, -0.15) is 9.97 Å². The van der Waals surface area contributed by atoms with E-state index in [-0.39, 0.29) is 29.6 Å². The molecule has 0 aliphatic carbocycles. The van der Waals surface area contributed by atoms with Crippen LogP contribution < -0.4 is 11.5 Å². The van der Waals surface area contributed by atoms with Gasteiger partial charge >= 0.3 is 5.97 Å².